The molecule has 0 N–H and O–H groups in total. The van der Waals surface area contributed by atoms with Crippen LogP contribution in [0.3, 0.4) is 0 Å². The van der Waals surface area contributed by atoms with Crippen LogP contribution in [0.25, 0.3) is 6.08 Å². The third-order valence-electron chi connectivity index (χ3n) is 3.16. The maximum absolute atomic E-state index is 12.0. The van der Waals surface area contributed by atoms with E-state index in [0.717, 1.165) is 11.3 Å². The number of amides is 1. The summed E-state index contributed by atoms with van der Waals surface area (Å²) in [6.07, 6.45) is 3.57. The Bertz CT molecular complexity index is 467. The molecule has 0 saturated carbocycles. The van der Waals surface area contributed by atoms with Crippen LogP contribution in [0.2, 0.25) is 0 Å². The van der Waals surface area contributed by atoms with Gasteiger partial charge in [-0.25, -0.2) is 0 Å². The average Bonchev–Trinajstić information content (AvgIpc) is 2.46. The van der Waals surface area contributed by atoms with E-state index in [1.165, 1.54) is 0 Å². The molecule has 1 heterocycles. The lowest BCUT2D eigenvalue weighted by molar-refractivity contribution is -0.132. The Morgan fingerprint density at radius 2 is 2.20 bits per heavy atom. The Kier molecular flexibility index (Phi) is 5.18. The van der Waals surface area contributed by atoms with Crippen LogP contribution in [0.5, 0.6) is 5.75 Å². The van der Waals surface area contributed by atoms with Crippen LogP contribution < -0.4 is 4.74 Å². The summed E-state index contributed by atoms with van der Waals surface area (Å²) in [7, 11) is 0. The molecule has 2 rings (SSSR count). The van der Waals surface area contributed by atoms with Crippen molar-refractivity contribution in [2.75, 3.05) is 26.3 Å². The van der Waals surface area contributed by atoms with Crippen LogP contribution in [-0.2, 0) is 9.53 Å². The van der Waals surface area contributed by atoms with Crippen molar-refractivity contribution in [2.24, 2.45) is 0 Å². The number of hydrogen-bond donors (Lipinski definition) is 0. The highest BCUT2D eigenvalue weighted by Gasteiger charge is 2.19. The molecule has 1 saturated heterocycles. The summed E-state index contributed by atoms with van der Waals surface area (Å²) in [5, 5.41) is 0. The monoisotopic (exact) mass is 275 g/mol. The summed E-state index contributed by atoms with van der Waals surface area (Å²) < 4.78 is 10.8. The molecule has 1 aliphatic rings. The summed E-state index contributed by atoms with van der Waals surface area (Å²) >= 11 is 0. The van der Waals surface area contributed by atoms with Gasteiger partial charge in [-0.1, -0.05) is 12.1 Å². The molecular formula is C16H21NO3. The summed E-state index contributed by atoms with van der Waals surface area (Å²) in [5.41, 5.74) is 0.989. The lowest BCUT2D eigenvalue weighted by Crippen LogP contribution is -2.43. The Labute approximate surface area is 120 Å². The second-order valence-electron chi connectivity index (χ2n) is 4.80. The van der Waals surface area contributed by atoms with Gasteiger partial charge in [0.15, 0.2) is 0 Å². The largest absolute Gasteiger partial charge is 0.494 e. The molecule has 108 valence electrons. The lowest BCUT2D eigenvalue weighted by atomic mass is 10.2. The molecule has 1 aliphatic heterocycles. The van der Waals surface area contributed by atoms with Gasteiger partial charge in [0, 0.05) is 19.2 Å². The smallest absolute Gasteiger partial charge is 0.246 e. The van der Waals surface area contributed by atoms with Crippen molar-refractivity contribution in [3.8, 4) is 5.75 Å². The van der Waals surface area contributed by atoms with Crippen molar-refractivity contribution in [3.63, 3.8) is 0 Å². The maximum atomic E-state index is 12.0. The first-order valence-corrected chi connectivity index (χ1v) is 7.00. The third kappa shape index (κ3) is 4.10. The molecule has 0 aromatic heterocycles. The minimum atomic E-state index is 0.0361. The summed E-state index contributed by atoms with van der Waals surface area (Å²) in [6.45, 7) is 6.53. The molecule has 4 nitrogen and oxygen atoms in total. The van der Waals surface area contributed by atoms with Gasteiger partial charge >= 0.3 is 0 Å². The fourth-order valence-corrected chi connectivity index (χ4v) is 2.13. The van der Waals surface area contributed by atoms with Gasteiger partial charge in [-0.15, -0.1) is 0 Å². The molecule has 1 amide bonds. The van der Waals surface area contributed by atoms with Crippen molar-refractivity contribution in [3.05, 3.63) is 35.9 Å². The highest BCUT2D eigenvalue weighted by atomic mass is 16.5. The van der Waals surface area contributed by atoms with E-state index < -0.39 is 0 Å². The minimum Gasteiger partial charge on any atom is -0.494 e. The number of benzene rings is 1. The van der Waals surface area contributed by atoms with Crippen LogP contribution in [0.1, 0.15) is 19.4 Å². The Morgan fingerprint density at radius 3 is 2.85 bits per heavy atom. The van der Waals surface area contributed by atoms with Gasteiger partial charge < -0.3 is 14.4 Å². The van der Waals surface area contributed by atoms with E-state index in [1.807, 2.05) is 49.1 Å². The van der Waals surface area contributed by atoms with Crippen molar-refractivity contribution in [1.29, 1.82) is 0 Å². The molecule has 1 unspecified atom stereocenters. The predicted molar refractivity (Wildman–Crippen MR) is 78.6 cm³/mol. The van der Waals surface area contributed by atoms with E-state index >= 15 is 0 Å². The Hall–Kier alpha value is -1.81. The third-order valence-corrected chi connectivity index (χ3v) is 3.16. The topological polar surface area (TPSA) is 38.8 Å². The van der Waals surface area contributed by atoms with Gasteiger partial charge in [-0.2, -0.15) is 0 Å². The first-order chi connectivity index (χ1) is 9.69. The van der Waals surface area contributed by atoms with E-state index in [2.05, 4.69) is 0 Å². The summed E-state index contributed by atoms with van der Waals surface area (Å²) in [4.78, 5) is 13.9. The molecule has 4 heteroatoms. The number of hydrogen-bond acceptors (Lipinski definition) is 3. The molecule has 1 atom stereocenters. The Balaban J connectivity index is 1.92. The fraction of sp³-hybridized carbons (Fsp3) is 0.438. The molecular weight excluding hydrogens is 254 g/mol. The van der Waals surface area contributed by atoms with Crippen LogP contribution in [-0.4, -0.2) is 43.2 Å². The van der Waals surface area contributed by atoms with Gasteiger partial charge in [-0.05, 0) is 37.6 Å². The highest BCUT2D eigenvalue weighted by Crippen LogP contribution is 2.13. The van der Waals surface area contributed by atoms with Crippen molar-refractivity contribution < 1.29 is 14.3 Å². The standard InChI is InChI=1S/C16H21NO3/c1-3-19-15-7-4-14(5-8-15)6-9-16(18)17-10-11-20-13(2)12-17/h4-9,13H,3,10-12H2,1-2H3/b9-6+. The number of nitrogens with zero attached hydrogens (tertiary/aromatic N) is 1. The van der Waals surface area contributed by atoms with Crippen LogP contribution in [0.4, 0.5) is 0 Å². The van der Waals surface area contributed by atoms with Crippen LogP contribution in [0, 0.1) is 0 Å². The number of ether oxygens (including phenoxy) is 2. The quantitative estimate of drug-likeness (QED) is 0.792. The van der Waals surface area contributed by atoms with Crippen molar-refractivity contribution >= 4 is 12.0 Å². The molecule has 1 aromatic carbocycles. The number of rotatable bonds is 4. The first-order valence-electron chi connectivity index (χ1n) is 7.00. The molecule has 1 fully saturated rings. The second kappa shape index (κ2) is 7.10. The van der Waals surface area contributed by atoms with E-state index in [4.69, 9.17) is 9.47 Å². The van der Waals surface area contributed by atoms with E-state index in [-0.39, 0.29) is 12.0 Å². The van der Waals surface area contributed by atoms with Gasteiger partial charge in [0.25, 0.3) is 0 Å². The zero-order valence-corrected chi connectivity index (χ0v) is 12.0. The molecule has 0 bridgehead atoms. The molecule has 1 aromatic rings. The number of morpholine rings is 1. The maximum Gasteiger partial charge on any atom is 0.246 e. The van der Waals surface area contributed by atoms with Gasteiger partial charge in [0.05, 0.1) is 19.3 Å². The van der Waals surface area contributed by atoms with Crippen LogP contribution >= 0.6 is 0 Å². The molecule has 0 radical (unpaired) electrons. The summed E-state index contributed by atoms with van der Waals surface area (Å²) in [6, 6.07) is 7.70. The zero-order valence-electron chi connectivity index (χ0n) is 12.0. The number of carbonyl (C=O) groups excluding carboxylic acids is 1. The zero-order chi connectivity index (χ0) is 14.4. The first kappa shape index (κ1) is 14.6. The number of carbonyl (C=O) groups is 1. The van der Waals surface area contributed by atoms with Gasteiger partial charge in [0.1, 0.15) is 5.75 Å². The lowest BCUT2D eigenvalue weighted by Gasteiger charge is -2.30. The van der Waals surface area contributed by atoms with Gasteiger partial charge in [-0.3, -0.25) is 4.79 Å². The van der Waals surface area contributed by atoms with E-state index in [0.29, 0.717) is 26.3 Å². The van der Waals surface area contributed by atoms with Gasteiger partial charge in [0.2, 0.25) is 5.91 Å². The molecule has 20 heavy (non-hydrogen) atoms. The van der Waals surface area contributed by atoms with Crippen molar-refractivity contribution in [1.82, 2.24) is 4.90 Å². The second-order valence-corrected chi connectivity index (χ2v) is 4.80. The van der Waals surface area contributed by atoms with Crippen LogP contribution in [0.15, 0.2) is 30.3 Å². The van der Waals surface area contributed by atoms with Crippen molar-refractivity contribution in [2.45, 2.75) is 20.0 Å². The normalized spacial score (nSPS) is 19.3. The molecule has 0 spiro atoms. The highest BCUT2D eigenvalue weighted by molar-refractivity contribution is 5.91. The van der Waals surface area contributed by atoms with E-state index in [9.17, 15) is 4.79 Å². The predicted octanol–water partition coefficient (Wildman–Crippen LogP) is 2.35. The SMILES string of the molecule is CCOc1ccc(/C=C/C(=O)N2CCOC(C)C2)cc1. The minimum absolute atomic E-state index is 0.0361. The summed E-state index contributed by atoms with van der Waals surface area (Å²) in [5.74, 6) is 0.881. The van der Waals surface area contributed by atoms with E-state index in [1.54, 1.807) is 6.08 Å². The fourth-order valence-electron chi connectivity index (χ4n) is 2.13. The Morgan fingerprint density at radius 1 is 1.45 bits per heavy atom. The average molecular weight is 275 g/mol. The molecule has 0 aliphatic carbocycles.